The molecule has 0 saturated carbocycles. The average molecular weight is 1390 g/mol. The number of carbonyl (C=O) groups excluding carboxylic acids is 4. The first-order valence-electron chi connectivity index (χ1n) is 29.9. The van der Waals surface area contributed by atoms with Crippen LogP contribution in [0.1, 0.15) is 55.8 Å². The van der Waals surface area contributed by atoms with Crippen LogP contribution in [-0.2, 0) is 66.3 Å². The van der Waals surface area contributed by atoms with Crippen molar-refractivity contribution in [1.29, 1.82) is 0 Å². The third-order valence-electron chi connectivity index (χ3n) is 16.9. The van der Waals surface area contributed by atoms with E-state index in [-0.39, 0.29) is 113 Å². The minimum Gasteiger partial charge on any atom is -0.493 e. The number of aliphatic hydroxyl groups excluding tert-OH is 8. The van der Waals surface area contributed by atoms with Crippen molar-refractivity contribution in [2.75, 3.05) is 37.1 Å². The largest absolute Gasteiger partial charge is 0.493 e. The maximum Gasteiger partial charge on any atom is 0.416 e. The number of hydrogen-bond donors (Lipinski definition) is 11. The van der Waals surface area contributed by atoms with Crippen molar-refractivity contribution >= 4 is 58.7 Å². The lowest BCUT2D eigenvalue weighted by Gasteiger charge is -2.38. The molecule has 11 N–H and O–H groups in total. The van der Waals surface area contributed by atoms with Crippen LogP contribution in [-0.4, -0.2) is 219 Å². The predicted octanol–water partition coefficient (Wildman–Crippen LogP) is 1.41. The van der Waals surface area contributed by atoms with Crippen molar-refractivity contribution in [3.8, 4) is 40.2 Å². The lowest BCUT2D eigenvalue weighted by molar-refractivity contribution is -0.271. The molecule has 4 saturated heterocycles. The molecular formula is C64H66N4O29S. The van der Waals surface area contributed by atoms with E-state index in [9.17, 15) is 88.6 Å². The molecule has 98 heavy (non-hydrogen) atoms. The molecule has 4 amide bonds. The van der Waals surface area contributed by atoms with E-state index in [0.29, 0.717) is 22.3 Å². The Morgan fingerprint density at radius 3 is 1.26 bits per heavy atom. The van der Waals surface area contributed by atoms with Gasteiger partial charge in [-0.15, -0.1) is 0 Å². The molecule has 33 nitrogen and oxygen atoms in total. The van der Waals surface area contributed by atoms with E-state index in [1.165, 1.54) is 109 Å². The van der Waals surface area contributed by atoms with E-state index in [2.05, 4.69) is 13.2 Å². The predicted molar refractivity (Wildman–Crippen MR) is 330 cm³/mol. The molecule has 34 heteroatoms. The fourth-order valence-corrected chi connectivity index (χ4v) is 12.3. The number of hydrogen-bond acceptors (Lipinski definition) is 26. The Hall–Kier alpha value is -9.69. The highest BCUT2D eigenvalue weighted by molar-refractivity contribution is 7.74. The van der Waals surface area contributed by atoms with Crippen LogP contribution in [0.25, 0.3) is 0 Å². The molecule has 5 aromatic carbocycles. The zero-order valence-electron chi connectivity index (χ0n) is 51.8. The van der Waals surface area contributed by atoms with Gasteiger partial charge in [0.2, 0.25) is 12.6 Å². The second-order valence-corrected chi connectivity index (χ2v) is 24.1. The number of methoxy groups -OCH3 is 2. The molecule has 522 valence electrons. The third kappa shape index (κ3) is 14.2. The highest BCUT2D eigenvalue weighted by Gasteiger charge is 2.51. The Morgan fingerprint density at radius 1 is 0.510 bits per heavy atom. The molecule has 6 aliphatic heterocycles. The van der Waals surface area contributed by atoms with Crippen LogP contribution in [0, 0.1) is 0 Å². The van der Waals surface area contributed by atoms with E-state index in [4.69, 9.17) is 51.6 Å². The summed E-state index contributed by atoms with van der Waals surface area (Å²) in [6, 6.07) is 18.7. The number of aliphatic carboxylic acids is 2. The smallest absolute Gasteiger partial charge is 0.416 e. The van der Waals surface area contributed by atoms with Crippen LogP contribution in [0.2, 0.25) is 0 Å². The summed E-state index contributed by atoms with van der Waals surface area (Å²) < 4.78 is 84.2. The molecule has 11 rings (SSSR count). The van der Waals surface area contributed by atoms with E-state index < -0.39 is 146 Å². The first kappa shape index (κ1) is 69.7. The number of ether oxygens (including phenoxy) is 10. The Labute approximate surface area is 557 Å². The van der Waals surface area contributed by atoms with E-state index >= 15 is 0 Å². The van der Waals surface area contributed by atoms with Crippen LogP contribution in [0.15, 0.2) is 115 Å². The van der Waals surface area contributed by atoms with Gasteiger partial charge in [-0.05, 0) is 89.7 Å². The molecule has 6 aliphatic rings. The van der Waals surface area contributed by atoms with Gasteiger partial charge in [-0.2, -0.15) is 4.21 Å². The number of aliphatic hydroxyl groups is 8. The van der Waals surface area contributed by atoms with Crippen LogP contribution >= 0.6 is 0 Å². The van der Waals surface area contributed by atoms with Gasteiger partial charge in [0.1, 0.15) is 80.3 Å². The van der Waals surface area contributed by atoms with Crippen molar-refractivity contribution < 1.29 is 140 Å². The van der Waals surface area contributed by atoms with Gasteiger partial charge in [-0.3, -0.25) is 14.1 Å². The summed E-state index contributed by atoms with van der Waals surface area (Å²) in [7, 11) is 2.58. The number of benzene rings is 5. The molecule has 0 radical (unpaired) electrons. The van der Waals surface area contributed by atoms with Gasteiger partial charge in [-0.25, -0.2) is 29.0 Å². The summed E-state index contributed by atoms with van der Waals surface area (Å²) in [5, 5.41) is 104. The summed E-state index contributed by atoms with van der Waals surface area (Å²) in [5.41, 5.74) is 1.89. The molecule has 6 heterocycles. The van der Waals surface area contributed by atoms with E-state index in [0.717, 1.165) is 9.80 Å². The van der Waals surface area contributed by atoms with E-state index in [1.807, 2.05) is 0 Å². The number of nitrogens with zero attached hydrogens (tertiary/aromatic N) is 4. The molecule has 0 spiro atoms. The van der Waals surface area contributed by atoms with Gasteiger partial charge in [0.25, 0.3) is 11.8 Å². The number of carboxylic acid groups (broad SMARTS) is 2. The molecule has 15 atom stereocenters. The Kier molecular flexibility index (Phi) is 20.5. The molecule has 4 fully saturated rings. The Bertz CT molecular complexity index is 3710. The number of amides is 4. The summed E-state index contributed by atoms with van der Waals surface area (Å²) in [4.78, 5) is 85.2. The summed E-state index contributed by atoms with van der Waals surface area (Å²) in [5.74, 6) is -4.72. The van der Waals surface area contributed by atoms with Crippen LogP contribution in [0.3, 0.4) is 0 Å². The van der Waals surface area contributed by atoms with Gasteiger partial charge in [0.15, 0.2) is 47.7 Å². The number of rotatable bonds is 20. The summed E-state index contributed by atoms with van der Waals surface area (Å²) in [6.45, 7) is 6.47. The highest BCUT2D eigenvalue weighted by Crippen LogP contribution is 2.45. The van der Waals surface area contributed by atoms with E-state index in [1.54, 1.807) is 6.07 Å². The Morgan fingerprint density at radius 2 is 0.898 bits per heavy atom. The van der Waals surface area contributed by atoms with Gasteiger partial charge < -0.3 is 112 Å². The fourth-order valence-electron chi connectivity index (χ4n) is 12.0. The number of carboxylic acids is 2. The second kappa shape index (κ2) is 28.8. The quantitative estimate of drug-likeness (QED) is 0.0388. The highest BCUT2D eigenvalue weighted by atomic mass is 32.2. The van der Waals surface area contributed by atoms with Crippen LogP contribution < -0.4 is 42.4 Å². The van der Waals surface area contributed by atoms with Gasteiger partial charge in [0.05, 0.1) is 48.8 Å². The molecule has 5 aromatic rings. The lowest BCUT2D eigenvalue weighted by atomic mass is 9.99. The molecular weight excluding hydrogens is 1320 g/mol. The van der Waals surface area contributed by atoms with Crippen molar-refractivity contribution in [3.05, 3.63) is 149 Å². The average Bonchev–Trinajstić information content (AvgIpc) is 1.62. The number of carbonyl (C=O) groups is 6. The molecule has 0 aliphatic carbocycles. The first-order valence-corrected chi connectivity index (χ1v) is 31.0. The van der Waals surface area contributed by atoms with Gasteiger partial charge in [0, 0.05) is 25.2 Å². The maximum absolute atomic E-state index is 14.4. The maximum atomic E-state index is 14.4. The lowest BCUT2D eigenvalue weighted by Crippen LogP contribution is -2.61. The van der Waals surface area contributed by atoms with Gasteiger partial charge >= 0.3 is 35.5 Å². The molecule has 0 bridgehead atoms. The SMILES string of the molecule is C=C1C[C@H]2C(O)N(C(=O)OCc3ccc(O[C@@H]4O[C@H](C(=O)O)[C@@H](O)[C@H](O)[C@H]4O)cc3)c3cc(OCc4cc(COc5cc6c(cc5OC)C(=O)N5CC(=C)C[C@H]5C(O)N6C(=O)OCc5ccc(O[C@@H]6O[C@H](C(=O)O)[C@@H](O)[C@H](O)[C@H]6O)cc5)cc(OS(=O)O)c4)c(OC)cc3C(=O)N2C1. The number of anilines is 2. The van der Waals surface area contributed by atoms with Crippen molar-refractivity contribution in [2.45, 2.75) is 125 Å². The zero-order valence-corrected chi connectivity index (χ0v) is 52.6. The van der Waals surface area contributed by atoms with Crippen molar-refractivity contribution in [2.24, 2.45) is 0 Å². The Balaban J connectivity index is 0.816. The monoisotopic (exact) mass is 1390 g/mol. The minimum absolute atomic E-state index is 0.0124. The molecule has 3 unspecified atom stereocenters. The molecule has 0 aromatic heterocycles. The van der Waals surface area contributed by atoms with Crippen LogP contribution in [0.4, 0.5) is 21.0 Å². The third-order valence-corrected chi connectivity index (χ3v) is 17.3. The minimum atomic E-state index is -2.86. The normalized spacial score (nSPS) is 26.9. The topological polar surface area (TPSA) is 457 Å². The standard InChI is InChI=1S/C64H66N4O29S/c1-28-13-41-57(77)67(63(83)91-24-30-5-9-34(10-6-30)93-61-51(73)47(69)49(71)53(95-61)59(79)80)39-20-45(43(87-3)18-37(39)55(75)65(41)22-28)89-26-32-15-33(17-36(16-32)97-98(85)86)27-90-46-21-40-38(19-44(46)88-4)56(76)66-23-29(2)14-42(66)58(78)68(40)64(84)92-25-31-7-11-35(12-8-31)94-62-52(74)48(70)50(72)54(96-62)60(81)82/h5-12,15-21,41-42,47-54,57-58,61-62,69-74,77-78H,1-2,13-14,22-27H2,3-4H3,(H,79,80)(H,81,82)(H,85,86)/t41-,42-,47-,48-,49-,50-,51+,52+,53-,54-,57?,58?,61+,62+/m0/s1. The van der Waals surface area contributed by atoms with Gasteiger partial charge in [-0.1, -0.05) is 48.6 Å². The second-order valence-electron chi connectivity index (χ2n) is 23.5. The zero-order chi connectivity index (χ0) is 70.3. The van der Waals surface area contributed by atoms with Crippen molar-refractivity contribution in [3.63, 3.8) is 0 Å². The number of fused-ring (bicyclic) bond motifs is 4. The van der Waals surface area contributed by atoms with Crippen molar-refractivity contribution in [1.82, 2.24) is 9.80 Å². The van der Waals surface area contributed by atoms with Crippen LogP contribution in [0.5, 0.6) is 40.2 Å². The fraction of sp³-hybridized carbons (Fsp3) is 0.375. The summed E-state index contributed by atoms with van der Waals surface area (Å²) in [6.07, 6.45) is -24.1. The summed E-state index contributed by atoms with van der Waals surface area (Å²) >= 11 is -2.86. The first-order chi connectivity index (χ1) is 46.7.